The average molecular weight is 422 g/mol. The fourth-order valence-electron chi connectivity index (χ4n) is 3.77. The molecule has 0 fully saturated rings. The lowest BCUT2D eigenvalue weighted by Gasteiger charge is -2.10. The van der Waals surface area contributed by atoms with E-state index in [4.69, 9.17) is 0 Å². The minimum atomic E-state index is -0.235. The van der Waals surface area contributed by atoms with Crippen LogP contribution in [0.15, 0.2) is 103 Å². The van der Waals surface area contributed by atoms with Crippen LogP contribution in [-0.4, -0.2) is 11.0 Å². The van der Waals surface area contributed by atoms with Gasteiger partial charge in [0.25, 0.3) is 5.91 Å². The smallest absolute Gasteiger partial charge is 0.255 e. The largest absolute Gasteiger partial charge is 0.506 e. The van der Waals surface area contributed by atoms with E-state index in [0.717, 1.165) is 36.8 Å². The maximum absolute atomic E-state index is 12.7. The van der Waals surface area contributed by atoms with Gasteiger partial charge in [-0.1, -0.05) is 78.9 Å². The lowest BCUT2D eigenvalue weighted by Crippen LogP contribution is -2.12. The molecule has 0 aliphatic rings. The van der Waals surface area contributed by atoms with Crippen LogP contribution in [-0.2, 0) is 12.8 Å². The highest BCUT2D eigenvalue weighted by Crippen LogP contribution is 2.30. The Bertz CT molecular complexity index is 1150. The molecule has 0 atom stereocenters. The number of phenolic OH excluding ortho intramolecular Hbond substituents is 1. The SMILES string of the molecule is O=C(Nc1cc(-c2ccccc2)ccc1O)c1ccc(CCCCc2ccccc2)cc1. The first-order valence-corrected chi connectivity index (χ1v) is 11.0. The van der Waals surface area contributed by atoms with Crippen LogP contribution in [0.3, 0.4) is 0 Å². The maximum atomic E-state index is 12.7. The summed E-state index contributed by atoms with van der Waals surface area (Å²) in [6.07, 6.45) is 4.34. The number of aromatic hydroxyl groups is 1. The zero-order valence-corrected chi connectivity index (χ0v) is 18.0. The molecule has 0 saturated heterocycles. The van der Waals surface area contributed by atoms with Crippen LogP contribution >= 0.6 is 0 Å². The van der Waals surface area contributed by atoms with Gasteiger partial charge in [-0.2, -0.15) is 0 Å². The number of amides is 1. The van der Waals surface area contributed by atoms with Gasteiger partial charge in [0.1, 0.15) is 5.75 Å². The van der Waals surface area contributed by atoms with Crippen molar-refractivity contribution in [3.8, 4) is 16.9 Å². The Labute approximate surface area is 189 Å². The third-order valence-corrected chi connectivity index (χ3v) is 5.59. The van der Waals surface area contributed by atoms with E-state index in [1.54, 1.807) is 12.1 Å². The van der Waals surface area contributed by atoms with Crippen molar-refractivity contribution in [2.45, 2.75) is 25.7 Å². The molecule has 4 rings (SSSR count). The van der Waals surface area contributed by atoms with E-state index < -0.39 is 0 Å². The lowest BCUT2D eigenvalue weighted by molar-refractivity contribution is 0.102. The zero-order valence-electron chi connectivity index (χ0n) is 18.0. The highest BCUT2D eigenvalue weighted by atomic mass is 16.3. The maximum Gasteiger partial charge on any atom is 0.255 e. The summed E-state index contributed by atoms with van der Waals surface area (Å²) in [4.78, 5) is 12.7. The quantitative estimate of drug-likeness (QED) is 0.241. The van der Waals surface area contributed by atoms with Gasteiger partial charge in [-0.25, -0.2) is 0 Å². The van der Waals surface area contributed by atoms with Crippen molar-refractivity contribution in [2.24, 2.45) is 0 Å². The zero-order chi connectivity index (χ0) is 22.2. The molecule has 2 N–H and O–H groups in total. The minimum absolute atomic E-state index is 0.0491. The highest BCUT2D eigenvalue weighted by molar-refractivity contribution is 6.05. The number of carbonyl (C=O) groups excluding carboxylic acids is 1. The topological polar surface area (TPSA) is 49.3 Å². The van der Waals surface area contributed by atoms with Crippen molar-refractivity contribution in [1.29, 1.82) is 0 Å². The number of unbranched alkanes of at least 4 members (excludes halogenated alkanes) is 1. The van der Waals surface area contributed by atoms with Gasteiger partial charge in [-0.3, -0.25) is 4.79 Å². The number of phenols is 1. The molecule has 0 heterocycles. The molecule has 3 heteroatoms. The number of carbonyl (C=O) groups is 1. The Morgan fingerprint density at radius 1 is 0.656 bits per heavy atom. The van der Waals surface area contributed by atoms with E-state index in [1.807, 2.05) is 66.7 Å². The molecule has 4 aromatic carbocycles. The number of hydrogen-bond acceptors (Lipinski definition) is 2. The summed E-state index contributed by atoms with van der Waals surface area (Å²) in [7, 11) is 0. The summed E-state index contributed by atoms with van der Waals surface area (Å²) in [5.74, 6) is -0.186. The molecule has 160 valence electrons. The monoisotopic (exact) mass is 421 g/mol. The van der Waals surface area contributed by atoms with Crippen LogP contribution in [0, 0.1) is 0 Å². The second-order valence-corrected chi connectivity index (χ2v) is 7.94. The van der Waals surface area contributed by atoms with Crippen molar-refractivity contribution in [3.05, 3.63) is 120 Å². The van der Waals surface area contributed by atoms with Gasteiger partial charge >= 0.3 is 0 Å². The number of rotatable bonds is 8. The highest BCUT2D eigenvalue weighted by Gasteiger charge is 2.10. The van der Waals surface area contributed by atoms with Crippen LogP contribution in [0.1, 0.15) is 34.3 Å². The molecule has 0 unspecified atom stereocenters. The molecule has 3 nitrogen and oxygen atoms in total. The Morgan fingerprint density at radius 2 is 1.25 bits per heavy atom. The Hall–Kier alpha value is -3.85. The number of hydrogen-bond donors (Lipinski definition) is 2. The first-order valence-electron chi connectivity index (χ1n) is 11.0. The molecular formula is C29H27NO2. The average Bonchev–Trinajstić information content (AvgIpc) is 2.85. The molecular weight excluding hydrogens is 394 g/mol. The molecule has 0 saturated carbocycles. The van der Waals surface area contributed by atoms with Crippen molar-refractivity contribution in [2.75, 3.05) is 5.32 Å². The van der Waals surface area contributed by atoms with Crippen molar-refractivity contribution in [1.82, 2.24) is 0 Å². The van der Waals surface area contributed by atoms with Crippen LogP contribution in [0.25, 0.3) is 11.1 Å². The summed E-state index contributed by atoms with van der Waals surface area (Å²) in [6, 6.07) is 33.4. The van der Waals surface area contributed by atoms with Gasteiger partial charge in [-0.15, -0.1) is 0 Å². The molecule has 32 heavy (non-hydrogen) atoms. The van der Waals surface area contributed by atoms with Crippen LogP contribution in [0.5, 0.6) is 5.75 Å². The van der Waals surface area contributed by atoms with Gasteiger partial charge in [0, 0.05) is 5.56 Å². The predicted octanol–water partition coefficient (Wildman–Crippen LogP) is 6.88. The van der Waals surface area contributed by atoms with E-state index >= 15 is 0 Å². The summed E-state index contributed by atoms with van der Waals surface area (Å²) >= 11 is 0. The summed E-state index contributed by atoms with van der Waals surface area (Å²) in [5.41, 5.74) is 5.54. The van der Waals surface area contributed by atoms with E-state index in [9.17, 15) is 9.90 Å². The fraction of sp³-hybridized carbons (Fsp3) is 0.138. The van der Waals surface area contributed by atoms with Gasteiger partial charge < -0.3 is 10.4 Å². The van der Waals surface area contributed by atoms with Crippen LogP contribution in [0.2, 0.25) is 0 Å². The summed E-state index contributed by atoms with van der Waals surface area (Å²) < 4.78 is 0. The van der Waals surface area contributed by atoms with Gasteiger partial charge in [-0.05, 0) is 72.2 Å². The number of benzene rings is 4. The minimum Gasteiger partial charge on any atom is -0.506 e. The molecule has 0 aromatic heterocycles. The number of aryl methyl sites for hydroxylation is 2. The van der Waals surface area contributed by atoms with E-state index in [1.165, 1.54) is 11.1 Å². The van der Waals surface area contributed by atoms with Crippen molar-refractivity contribution >= 4 is 11.6 Å². The molecule has 0 spiro atoms. The molecule has 0 aliphatic heterocycles. The second-order valence-electron chi connectivity index (χ2n) is 7.94. The van der Waals surface area contributed by atoms with E-state index in [2.05, 4.69) is 29.6 Å². The standard InChI is InChI=1S/C29H27NO2/c31-28-20-19-26(24-13-5-2-6-14-24)21-27(28)30-29(32)25-17-15-23(16-18-25)12-8-7-11-22-9-3-1-4-10-22/h1-6,9-10,13-21,31H,7-8,11-12H2,(H,30,32). The fourth-order valence-corrected chi connectivity index (χ4v) is 3.77. The summed E-state index contributed by atoms with van der Waals surface area (Å²) in [5, 5.41) is 13.0. The molecule has 1 amide bonds. The van der Waals surface area contributed by atoms with Crippen LogP contribution < -0.4 is 5.32 Å². The van der Waals surface area contributed by atoms with Gasteiger partial charge in [0.05, 0.1) is 5.69 Å². The molecule has 0 radical (unpaired) electrons. The second kappa shape index (κ2) is 10.5. The summed E-state index contributed by atoms with van der Waals surface area (Å²) in [6.45, 7) is 0. The van der Waals surface area contributed by atoms with Gasteiger partial charge in [0.15, 0.2) is 0 Å². The first-order chi connectivity index (χ1) is 15.7. The number of nitrogens with one attached hydrogen (secondary N) is 1. The normalized spacial score (nSPS) is 10.6. The third kappa shape index (κ3) is 5.64. The molecule has 0 bridgehead atoms. The van der Waals surface area contributed by atoms with Crippen molar-refractivity contribution in [3.63, 3.8) is 0 Å². The van der Waals surface area contributed by atoms with E-state index in [0.29, 0.717) is 11.3 Å². The predicted molar refractivity (Wildman–Crippen MR) is 131 cm³/mol. The van der Waals surface area contributed by atoms with Crippen molar-refractivity contribution < 1.29 is 9.90 Å². The number of anilines is 1. The Balaban J connectivity index is 1.34. The van der Waals surface area contributed by atoms with E-state index in [-0.39, 0.29) is 11.7 Å². The Kier molecular flexibility index (Phi) is 6.98. The molecule has 4 aromatic rings. The lowest BCUT2D eigenvalue weighted by atomic mass is 10.0. The Morgan fingerprint density at radius 3 is 1.91 bits per heavy atom. The first kappa shape index (κ1) is 21.4. The third-order valence-electron chi connectivity index (χ3n) is 5.59. The molecule has 0 aliphatic carbocycles. The van der Waals surface area contributed by atoms with Gasteiger partial charge in [0.2, 0.25) is 0 Å². The van der Waals surface area contributed by atoms with Crippen LogP contribution in [0.4, 0.5) is 5.69 Å².